The van der Waals surface area contributed by atoms with Gasteiger partial charge in [0.05, 0.1) is 19.3 Å². The molecule has 0 bridgehead atoms. The number of phenolic OH excluding ortho intramolecular Hbond substituents is 4. The van der Waals surface area contributed by atoms with Gasteiger partial charge in [0.1, 0.15) is 89.6 Å². The van der Waals surface area contributed by atoms with Crippen LogP contribution in [0.25, 0.3) is 22.3 Å². The van der Waals surface area contributed by atoms with Gasteiger partial charge in [0.15, 0.2) is 29.8 Å². The molecule has 3 saturated heterocycles. The van der Waals surface area contributed by atoms with E-state index in [-0.39, 0.29) is 11.1 Å². The van der Waals surface area contributed by atoms with Gasteiger partial charge < -0.3 is 99.2 Å². The molecule has 3 aromatic rings. The third kappa shape index (κ3) is 7.39. The van der Waals surface area contributed by atoms with Crippen LogP contribution < -0.4 is 10.2 Å². The second-order valence-corrected chi connectivity index (χ2v) is 13.1. The first-order valence-corrected chi connectivity index (χ1v) is 16.5. The molecular formula is C33H40O21. The number of benzene rings is 2. The molecule has 0 amide bonds. The van der Waals surface area contributed by atoms with Crippen LogP contribution >= 0.6 is 0 Å². The fourth-order valence-corrected chi connectivity index (χ4v) is 6.32. The number of aliphatic hydroxyl groups is 9. The molecule has 0 aliphatic carbocycles. The summed E-state index contributed by atoms with van der Waals surface area (Å²) in [7, 11) is 0. The highest BCUT2D eigenvalue weighted by molar-refractivity contribution is 5.88. The molecule has 2 aromatic carbocycles. The van der Waals surface area contributed by atoms with Gasteiger partial charge in [-0.3, -0.25) is 4.79 Å². The van der Waals surface area contributed by atoms with E-state index in [4.69, 9.17) is 32.8 Å². The van der Waals surface area contributed by atoms with E-state index in [9.17, 15) is 71.2 Å². The van der Waals surface area contributed by atoms with Crippen molar-refractivity contribution in [2.24, 2.45) is 0 Å². The van der Waals surface area contributed by atoms with E-state index in [1.807, 2.05) is 0 Å². The number of aromatic hydroxyl groups is 4. The zero-order valence-corrected chi connectivity index (χ0v) is 28.0. The lowest BCUT2D eigenvalue weighted by Gasteiger charge is -2.46. The maximum Gasteiger partial charge on any atom is 0.239 e. The minimum atomic E-state index is -2.05. The predicted molar refractivity (Wildman–Crippen MR) is 173 cm³/mol. The summed E-state index contributed by atoms with van der Waals surface area (Å²) in [4.78, 5) is 13.8. The number of hydrogen-bond donors (Lipinski definition) is 13. The fraction of sp³-hybridized carbons (Fsp3) is 0.545. The SMILES string of the molecule is C[C@H]1O[C@H](OC[C@H]2O[C@@H](Oc3c(-c4ccc(O)c(O)c4)oc4cc(O)cc(O)c4c3=O)[C@H](O)[C@@H](O)[C@@H]2O)[C@@H](O)[C@@H](OC2O[C@H](CO)[C@@H](O)[C@H](O)[C@H]2O)[C@@H]1O. The van der Waals surface area contributed by atoms with Crippen LogP contribution in [0, 0.1) is 0 Å². The van der Waals surface area contributed by atoms with Gasteiger partial charge in [0, 0.05) is 17.7 Å². The Balaban J connectivity index is 1.23. The Kier molecular flexibility index (Phi) is 11.5. The second-order valence-electron chi connectivity index (χ2n) is 13.1. The van der Waals surface area contributed by atoms with Gasteiger partial charge in [-0.15, -0.1) is 0 Å². The van der Waals surface area contributed by atoms with E-state index in [0.717, 1.165) is 24.3 Å². The molecule has 3 aliphatic rings. The number of phenols is 4. The molecule has 0 saturated carbocycles. The third-order valence-electron chi connectivity index (χ3n) is 9.40. The highest BCUT2D eigenvalue weighted by Gasteiger charge is 2.51. The van der Waals surface area contributed by atoms with Crippen molar-refractivity contribution in [2.75, 3.05) is 13.2 Å². The highest BCUT2D eigenvalue weighted by Crippen LogP contribution is 2.40. The van der Waals surface area contributed by atoms with Gasteiger partial charge in [-0.25, -0.2) is 0 Å². The molecule has 54 heavy (non-hydrogen) atoms. The van der Waals surface area contributed by atoms with Crippen LogP contribution in [0.1, 0.15) is 6.92 Å². The van der Waals surface area contributed by atoms with E-state index in [0.29, 0.717) is 0 Å². The second kappa shape index (κ2) is 15.7. The summed E-state index contributed by atoms with van der Waals surface area (Å²) in [5, 5.41) is 134. The first-order valence-electron chi connectivity index (χ1n) is 16.5. The molecular weight excluding hydrogens is 732 g/mol. The molecule has 1 unspecified atom stereocenters. The highest BCUT2D eigenvalue weighted by atomic mass is 16.7. The maximum atomic E-state index is 13.8. The zero-order chi connectivity index (χ0) is 39.3. The molecule has 21 heteroatoms. The van der Waals surface area contributed by atoms with Gasteiger partial charge in [0.2, 0.25) is 17.5 Å². The molecule has 21 nitrogen and oxygen atoms in total. The summed E-state index contributed by atoms with van der Waals surface area (Å²) >= 11 is 0. The van der Waals surface area contributed by atoms with Crippen LogP contribution in [0.15, 0.2) is 39.5 Å². The number of fused-ring (bicyclic) bond motifs is 1. The van der Waals surface area contributed by atoms with Crippen molar-refractivity contribution < 1.29 is 99.2 Å². The van der Waals surface area contributed by atoms with Crippen molar-refractivity contribution in [1.82, 2.24) is 0 Å². The van der Waals surface area contributed by atoms with E-state index in [1.165, 1.54) is 13.0 Å². The lowest BCUT2D eigenvalue weighted by atomic mass is 9.97. The van der Waals surface area contributed by atoms with Crippen LogP contribution in [0.4, 0.5) is 0 Å². The lowest BCUT2D eigenvalue weighted by Crippen LogP contribution is -2.64. The summed E-state index contributed by atoms with van der Waals surface area (Å²) in [5.74, 6) is -3.58. The molecule has 4 heterocycles. The van der Waals surface area contributed by atoms with Gasteiger partial charge in [-0.05, 0) is 25.1 Å². The molecule has 13 N–H and O–H groups in total. The lowest BCUT2D eigenvalue weighted by molar-refractivity contribution is -0.361. The summed E-state index contributed by atoms with van der Waals surface area (Å²) in [6.07, 6.45) is -26.0. The third-order valence-corrected chi connectivity index (χ3v) is 9.40. The minimum absolute atomic E-state index is 0.0758. The van der Waals surface area contributed by atoms with Gasteiger partial charge >= 0.3 is 0 Å². The van der Waals surface area contributed by atoms with Crippen molar-refractivity contribution >= 4 is 11.0 Å². The van der Waals surface area contributed by atoms with Crippen LogP contribution in [-0.4, -0.2) is 172 Å². The quantitative estimate of drug-likeness (QED) is 0.0925. The predicted octanol–water partition coefficient (Wildman–Crippen LogP) is -3.86. The van der Waals surface area contributed by atoms with Crippen molar-refractivity contribution in [2.45, 2.75) is 99.0 Å². The molecule has 3 fully saturated rings. The maximum absolute atomic E-state index is 13.8. The average molecular weight is 773 g/mol. The number of aliphatic hydroxyl groups excluding tert-OH is 9. The molecule has 3 aliphatic heterocycles. The number of hydrogen-bond acceptors (Lipinski definition) is 21. The summed E-state index contributed by atoms with van der Waals surface area (Å²) in [6, 6.07) is 5.10. The Morgan fingerprint density at radius 2 is 1.31 bits per heavy atom. The summed E-state index contributed by atoms with van der Waals surface area (Å²) in [6.45, 7) is -0.138. The van der Waals surface area contributed by atoms with E-state index in [1.54, 1.807) is 0 Å². The Bertz CT molecular complexity index is 1850. The fourth-order valence-electron chi connectivity index (χ4n) is 6.32. The Labute approximate surface area is 303 Å². The van der Waals surface area contributed by atoms with E-state index < -0.39 is 151 Å². The number of rotatable bonds is 9. The number of ether oxygens (including phenoxy) is 6. The Hall–Kier alpha value is -3.91. The molecule has 298 valence electrons. The monoisotopic (exact) mass is 772 g/mol. The zero-order valence-electron chi connectivity index (χ0n) is 28.0. The smallest absolute Gasteiger partial charge is 0.239 e. The Morgan fingerprint density at radius 3 is 1.98 bits per heavy atom. The minimum Gasteiger partial charge on any atom is -0.508 e. The normalized spacial score (nSPS) is 37.3. The van der Waals surface area contributed by atoms with E-state index >= 15 is 0 Å². The van der Waals surface area contributed by atoms with Crippen molar-refractivity contribution in [3.05, 3.63) is 40.6 Å². The van der Waals surface area contributed by atoms with E-state index in [2.05, 4.69) is 0 Å². The van der Waals surface area contributed by atoms with Crippen molar-refractivity contribution in [1.29, 1.82) is 0 Å². The van der Waals surface area contributed by atoms with Crippen LogP contribution in [0.3, 0.4) is 0 Å². The molecule has 0 radical (unpaired) electrons. The van der Waals surface area contributed by atoms with Gasteiger partial charge in [-0.1, -0.05) is 0 Å². The van der Waals surface area contributed by atoms with Gasteiger partial charge in [-0.2, -0.15) is 0 Å². The summed E-state index contributed by atoms with van der Waals surface area (Å²) < 4.78 is 39.3. The topological polar surface area (TPSA) is 349 Å². The van der Waals surface area contributed by atoms with Crippen molar-refractivity contribution in [3.63, 3.8) is 0 Å². The van der Waals surface area contributed by atoms with Crippen LogP contribution in [-0.2, 0) is 23.7 Å². The molecule has 1 aromatic heterocycles. The van der Waals surface area contributed by atoms with Crippen LogP contribution in [0.2, 0.25) is 0 Å². The Morgan fingerprint density at radius 1 is 0.667 bits per heavy atom. The first-order chi connectivity index (χ1) is 25.5. The molecule has 0 spiro atoms. The molecule has 6 rings (SSSR count). The summed E-state index contributed by atoms with van der Waals surface area (Å²) in [5.41, 5.74) is -1.48. The largest absolute Gasteiger partial charge is 0.508 e. The van der Waals surface area contributed by atoms with Crippen molar-refractivity contribution in [3.8, 4) is 40.1 Å². The first kappa shape index (κ1) is 39.8. The van der Waals surface area contributed by atoms with Crippen LogP contribution in [0.5, 0.6) is 28.7 Å². The standard InChI is InChI=1S/C33H40O21/c1-9-19(39)29(53-32-25(45)23(43)20(40)16(7-34)51-32)27(47)31(49-9)48-8-17-21(41)24(44)26(46)33(52-17)54-30-22(42)18-14(38)5-11(35)6-15(18)50-28(30)10-2-3-12(36)13(37)4-10/h2-6,9,16-17,19-21,23-27,29,31-41,43-47H,7-8H2,1H3/t9-,16-,17-,19-,20-,21-,23+,24+,25-,26-,27+,29+,31+,32?,33+/m1/s1. The van der Waals surface area contributed by atoms with Gasteiger partial charge in [0.25, 0.3) is 0 Å². The molecule has 15 atom stereocenters. The average Bonchev–Trinajstić information content (AvgIpc) is 3.13.